The lowest BCUT2D eigenvalue weighted by atomic mass is 10.1. The average Bonchev–Trinajstić information content (AvgIpc) is 2.80. The van der Waals surface area contributed by atoms with E-state index in [4.69, 9.17) is 14.6 Å². The molecular formula is C18H23NO4. The largest absolute Gasteiger partial charge is 0.478 e. The average molecular weight is 317 g/mol. The van der Waals surface area contributed by atoms with Gasteiger partial charge in [-0.15, -0.1) is 0 Å². The van der Waals surface area contributed by atoms with Gasteiger partial charge in [-0.2, -0.15) is 0 Å². The molecule has 0 spiro atoms. The zero-order valence-corrected chi connectivity index (χ0v) is 13.7. The Morgan fingerprint density at radius 2 is 2.22 bits per heavy atom. The van der Waals surface area contributed by atoms with Crippen molar-refractivity contribution in [2.24, 2.45) is 0 Å². The van der Waals surface area contributed by atoms with Crippen molar-refractivity contribution in [1.29, 1.82) is 0 Å². The molecule has 124 valence electrons. The molecule has 0 bridgehead atoms. The van der Waals surface area contributed by atoms with Crippen molar-refractivity contribution in [3.8, 4) is 0 Å². The van der Waals surface area contributed by atoms with E-state index in [1.54, 1.807) is 12.1 Å². The van der Waals surface area contributed by atoms with Gasteiger partial charge in [-0.3, -0.25) is 0 Å². The highest BCUT2D eigenvalue weighted by Crippen LogP contribution is 2.26. The molecule has 1 fully saturated rings. The second-order valence-corrected chi connectivity index (χ2v) is 6.07. The topological polar surface area (TPSA) is 60.7 Å². The van der Waals surface area contributed by atoms with E-state index >= 15 is 0 Å². The van der Waals surface area contributed by atoms with Crippen LogP contribution in [-0.2, 0) is 16.0 Å². The fraction of sp³-hybridized carbons (Fsp3) is 0.500. The van der Waals surface area contributed by atoms with Crippen LogP contribution in [0.1, 0.15) is 40.9 Å². The molecule has 5 nitrogen and oxygen atoms in total. The van der Waals surface area contributed by atoms with Crippen LogP contribution in [0.15, 0.2) is 18.2 Å². The summed E-state index contributed by atoms with van der Waals surface area (Å²) in [5.74, 6) is -0.894. The standard InChI is InChI=1S/C18H23NO4/c1-12-13(2)19(8-10-23-17-5-3-4-9-22-17)16-7-6-14(18(20)21)11-15(12)16/h6-7,11,17H,3-5,8-10H2,1-2H3,(H,20,21)/t17-/m0/s1. The van der Waals surface area contributed by atoms with Gasteiger partial charge in [0.25, 0.3) is 0 Å². The lowest BCUT2D eigenvalue weighted by molar-refractivity contribution is -0.163. The van der Waals surface area contributed by atoms with E-state index in [1.807, 2.05) is 13.0 Å². The second kappa shape index (κ2) is 6.72. The summed E-state index contributed by atoms with van der Waals surface area (Å²) in [5.41, 5.74) is 3.65. The first kappa shape index (κ1) is 16.0. The highest BCUT2D eigenvalue weighted by molar-refractivity contribution is 5.95. The summed E-state index contributed by atoms with van der Waals surface area (Å²) in [5, 5.41) is 10.2. The molecule has 0 amide bonds. The van der Waals surface area contributed by atoms with E-state index in [0.717, 1.165) is 54.6 Å². The summed E-state index contributed by atoms with van der Waals surface area (Å²) in [7, 11) is 0. The molecule has 0 radical (unpaired) electrons. The quantitative estimate of drug-likeness (QED) is 0.917. The number of hydrogen-bond donors (Lipinski definition) is 1. The van der Waals surface area contributed by atoms with Crippen molar-refractivity contribution in [2.75, 3.05) is 13.2 Å². The van der Waals surface area contributed by atoms with Gasteiger partial charge >= 0.3 is 5.97 Å². The Hall–Kier alpha value is -1.85. The fourth-order valence-electron chi connectivity index (χ4n) is 3.19. The molecule has 2 aromatic rings. The van der Waals surface area contributed by atoms with Crippen LogP contribution in [0.4, 0.5) is 0 Å². The molecule has 1 atom stereocenters. The fourth-order valence-corrected chi connectivity index (χ4v) is 3.19. The molecule has 1 aromatic heterocycles. The van der Waals surface area contributed by atoms with Gasteiger partial charge in [-0.05, 0) is 56.9 Å². The highest BCUT2D eigenvalue weighted by atomic mass is 16.7. The number of benzene rings is 1. The van der Waals surface area contributed by atoms with Gasteiger partial charge < -0.3 is 19.1 Å². The van der Waals surface area contributed by atoms with Crippen molar-refractivity contribution in [3.63, 3.8) is 0 Å². The third-order valence-corrected chi connectivity index (χ3v) is 4.64. The molecule has 0 aliphatic carbocycles. The third-order valence-electron chi connectivity index (χ3n) is 4.64. The number of carboxylic acids is 1. The van der Waals surface area contributed by atoms with Gasteiger partial charge in [-0.25, -0.2) is 4.79 Å². The molecule has 1 aromatic carbocycles. The van der Waals surface area contributed by atoms with E-state index in [0.29, 0.717) is 12.2 Å². The minimum atomic E-state index is -0.894. The highest BCUT2D eigenvalue weighted by Gasteiger charge is 2.16. The van der Waals surface area contributed by atoms with Gasteiger partial charge in [0, 0.05) is 29.7 Å². The Bertz CT molecular complexity index is 713. The molecule has 3 rings (SSSR count). The number of fused-ring (bicyclic) bond motifs is 1. The summed E-state index contributed by atoms with van der Waals surface area (Å²) in [6.07, 6.45) is 3.16. The first-order chi connectivity index (χ1) is 11.1. The Kier molecular flexibility index (Phi) is 4.68. The SMILES string of the molecule is Cc1c(C)n(CCO[C@H]2CCCCO2)c2ccc(C(=O)O)cc12. The van der Waals surface area contributed by atoms with Crippen LogP contribution in [0, 0.1) is 13.8 Å². The molecule has 2 heterocycles. The minimum absolute atomic E-state index is 0.0782. The molecule has 1 N–H and O–H groups in total. The van der Waals surface area contributed by atoms with Crippen LogP contribution in [0.3, 0.4) is 0 Å². The number of aryl methyl sites for hydroxylation is 1. The van der Waals surface area contributed by atoms with Crippen LogP contribution < -0.4 is 0 Å². The van der Waals surface area contributed by atoms with Crippen LogP contribution in [0.2, 0.25) is 0 Å². The Labute approximate surface area is 135 Å². The third kappa shape index (κ3) is 3.26. The van der Waals surface area contributed by atoms with E-state index in [1.165, 1.54) is 0 Å². The Morgan fingerprint density at radius 3 is 2.91 bits per heavy atom. The second-order valence-electron chi connectivity index (χ2n) is 6.07. The number of carboxylic acid groups (broad SMARTS) is 1. The zero-order chi connectivity index (χ0) is 16.4. The summed E-state index contributed by atoms with van der Waals surface area (Å²) in [6, 6.07) is 5.29. The van der Waals surface area contributed by atoms with E-state index in [-0.39, 0.29) is 6.29 Å². The maximum absolute atomic E-state index is 11.2. The first-order valence-corrected chi connectivity index (χ1v) is 8.14. The normalized spacial score (nSPS) is 18.4. The smallest absolute Gasteiger partial charge is 0.335 e. The summed E-state index contributed by atoms with van der Waals surface area (Å²) >= 11 is 0. The number of carbonyl (C=O) groups is 1. The van der Waals surface area contributed by atoms with Gasteiger partial charge in [-0.1, -0.05) is 0 Å². The van der Waals surface area contributed by atoms with Gasteiger partial charge in [0.1, 0.15) is 0 Å². The van der Waals surface area contributed by atoms with E-state index in [9.17, 15) is 4.79 Å². The molecule has 23 heavy (non-hydrogen) atoms. The Balaban J connectivity index is 1.77. The number of hydrogen-bond acceptors (Lipinski definition) is 3. The lowest BCUT2D eigenvalue weighted by Gasteiger charge is -2.23. The first-order valence-electron chi connectivity index (χ1n) is 8.14. The van der Waals surface area contributed by atoms with Crippen molar-refractivity contribution < 1.29 is 19.4 Å². The van der Waals surface area contributed by atoms with Crippen LogP contribution >= 0.6 is 0 Å². The molecular weight excluding hydrogens is 294 g/mol. The maximum atomic E-state index is 11.2. The number of aromatic carboxylic acids is 1. The van der Waals surface area contributed by atoms with Crippen LogP contribution in [0.25, 0.3) is 10.9 Å². The van der Waals surface area contributed by atoms with Gasteiger partial charge in [0.15, 0.2) is 6.29 Å². The van der Waals surface area contributed by atoms with Crippen LogP contribution in [0.5, 0.6) is 0 Å². The van der Waals surface area contributed by atoms with E-state index < -0.39 is 5.97 Å². The maximum Gasteiger partial charge on any atom is 0.335 e. The van der Waals surface area contributed by atoms with Crippen molar-refractivity contribution >= 4 is 16.9 Å². The number of nitrogens with zero attached hydrogens (tertiary/aromatic N) is 1. The monoisotopic (exact) mass is 317 g/mol. The number of ether oxygens (including phenoxy) is 2. The molecule has 5 heteroatoms. The van der Waals surface area contributed by atoms with Crippen molar-refractivity contribution in [1.82, 2.24) is 4.57 Å². The molecule has 1 aliphatic heterocycles. The van der Waals surface area contributed by atoms with Gasteiger partial charge in [0.2, 0.25) is 0 Å². The number of rotatable bonds is 5. The van der Waals surface area contributed by atoms with E-state index in [2.05, 4.69) is 11.5 Å². The molecule has 0 unspecified atom stereocenters. The predicted octanol–water partition coefficient (Wildman–Crippen LogP) is 3.50. The summed E-state index contributed by atoms with van der Waals surface area (Å²) in [6.45, 7) is 6.21. The van der Waals surface area contributed by atoms with Crippen LogP contribution in [-0.4, -0.2) is 35.1 Å². The molecule has 1 saturated heterocycles. The lowest BCUT2D eigenvalue weighted by Crippen LogP contribution is -2.24. The van der Waals surface area contributed by atoms with Crippen molar-refractivity contribution in [3.05, 3.63) is 35.0 Å². The number of aromatic nitrogens is 1. The molecule has 1 aliphatic rings. The van der Waals surface area contributed by atoms with Crippen molar-refractivity contribution in [2.45, 2.75) is 45.9 Å². The zero-order valence-electron chi connectivity index (χ0n) is 13.7. The minimum Gasteiger partial charge on any atom is -0.478 e. The molecule has 0 saturated carbocycles. The Morgan fingerprint density at radius 1 is 1.39 bits per heavy atom. The summed E-state index contributed by atoms with van der Waals surface area (Å²) in [4.78, 5) is 11.2. The summed E-state index contributed by atoms with van der Waals surface area (Å²) < 4.78 is 13.6. The predicted molar refractivity (Wildman–Crippen MR) is 87.9 cm³/mol. The van der Waals surface area contributed by atoms with Gasteiger partial charge in [0.05, 0.1) is 12.2 Å².